The maximum atomic E-state index is 10.7. The van der Waals surface area contributed by atoms with E-state index in [4.69, 9.17) is 18.9 Å². The molecule has 7 N–H and O–H groups in total. The van der Waals surface area contributed by atoms with Gasteiger partial charge in [0.2, 0.25) is 0 Å². The molecular formula is C25H48O11. The van der Waals surface area contributed by atoms with Crippen molar-refractivity contribution in [1.82, 2.24) is 0 Å². The molecule has 0 aliphatic carbocycles. The molecule has 0 spiro atoms. The van der Waals surface area contributed by atoms with Gasteiger partial charge in [-0.3, -0.25) is 0 Å². The van der Waals surface area contributed by atoms with E-state index in [1.165, 1.54) is 44.9 Å². The number of aliphatic hydroxyl groups is 7. The molecular weight excluding hydrogens is 476 g/mol. The van der Waals surface area contributed by atoms with Crippen LogP contribution in [0.4, 0.5) is 0 Å². The van der Waals surface area contributed by atoms with Crippen molar-refractivity contribution in [2.24, 2.45) is 0 Å². The molecule has 0 aromatic rings. The van der Waals surface area contributed by atoms with Crippen LogP contribution in [-0.4, -0.2) is 116 Å². The Kier molecular flexibility index (Phi) is 14.6. The zero-order valence-corrected chi connectivity index (χ0v) is 21.6. The Morgan fingerprint density at radius 3 is 1.75 bits per heavy atom. The first-order valence-corrected chi connectivity index (χ1v) is 13.5. The van der Waals surface area contributed by atoms with Crippen LogP contribution in [0.2, 0.25) is 0 Å². The fourth-order valence-corrected chi connectivity index (χ4v) is 4.71. The van der Waals surface area contributed by atoms with Gasteiger partial charge in [0.1, 0.15) is 48.8 Å². The van der Waals surface area contributed by atoms with Gasteiger partial charge in [0, 0.05) is 0 Å². The Balaban J connectivity index is 1.80. The van der Waals surface area contributed by atoms with Crippen LogP contribution in [0.5, 0.6) is 0 Å². The third kappa shape index (κ3) is 9.09. The predicted molar refractivity (Wildman–Crippen MR) is 129 cm³/mol. The van der Waals surface area contributed by atoms with Crippen LogP contribution >= 0.6 is 0 Å². The lowest BCUT2D eigenvalue weighted by atomic mass is 9.97. The number of ether oxygens (including phenoxy) is 4. The van der Waals surface area contributed by atoms with Gasteiger partial charge in [-0.2, -0.15) is 0 Å². The van der Waals surface area contributed by atoms with E-state index in [1.807, 2.05) is 6.92 Å². The van der Waals surface area contributed by atoms with Crippen LogP contribution in [0.1, 0.15) is 78.1 Å². The van der Waals surface area contributed by atoms with Crippen molar-refractivity contribution in [2.75, 3.05) is 13.2 Å². The highest BCUT2D eigenvalue weighted by Gasteiger charge is 2.50. The van der Waals surface area contributed by atoms with Crippen molar-refractivity contribution in [3.63, 3.8) is 0 Å². The normalized spacial score (nSPS) is 38.2. The van der Waals surface area contributed by atoms with Crippen molar-refractivity contribution >= 4 is 0 Å². The summed E-state index contributed by atoms with van der Waals surface area (Å²) in [4.78, 5) is 0. The van der Waals surface area contributed by atoms with E-state index < -0.39 is 74.6 Å². The predicted octanol–water partition coefficient (Wildman–Crippen LogP) is -0.0635. The van der Waals surface area contributed by atoms with E-state index in [2.05, 4.69) is 6.92 Å². The molecule has 2 heterocycles. The largest absolute Gasteiger partial charge is 0.394 e. The average Bonchev–Trinajstić information content (AvgIpc) is 2.87. The van der Waals surface area contributed by atoms with Crippen molar-refractivity contribution in [3.05, 3.63) is 0 Å². The van der Waals surface area contributed by atoms with Crippen molar-refractivity contribution in [2.45, 2.75) is 146 Å². The summed E-state index contributed by atoms with van der Waals surface area (Å²) in [6, 6.07) is 0. The molecule has 11 nitrogen and oxygen atoms in total. The van der Waals surface area contributed by atoms with E-state index in [0.717, 1.165) is 19.3 Å². The van der Waals surface area contributed by atoms with E-state index >= 15 is 0 Å². The second-order valence-corrected chi connectivity index (χ2v) is 10.1. The Morgan fingerprint density at radius 1 is 0.639 bits per heavy atom. The summed E-state index contributed by atoms with van der Waals surface area (Å²) in [5.74, 6) is 0. The third-order valence-electron chi connectivity index (χ3n) is 7.04. The molecule has 0 saturated carbocycles. The minimum Gasteiger partial charge on any atom is -0.394 e. The molecule has 2 aliphatic heterocycles. The molecule has 2 saturated heterocycles. The molecule has 2 fully saturated rings. The molecule has 0 bridgehead atoms. The van der Waals surface area contributed by atoms with Crippen molar-refractivity contribution < 1.29 is 54.7 Å². The van der Waals surface area contributed by atoms with E-state index in [0.29, 0.717) is 0 Å². The first kappa shape index (κ1) is 31.8. The van der Waals surface area contributed by atoms with Gasteiger partial charge >= 0.3 is 0 Å². The zero-order valence-electron chi connectivity index (χ0n) is 21.6. The fourth-order valence-electron chi connectivity index (χ4n) is 4.71. The summed E-state index contributed by atoms with van der Waals surface area (Å²) >= 11 is 0. The first-order valence-electron chi connectivity index (χ1n) is 13.5. The topological polar surface area (TPSA) is 179 Å². The molecule has 0 radical (unpaired) electrons. The molecule has 7 unspecified atom stereocenters. The zero-order chi connectivity index (χ0) is 26.7. The Hall–Kier alpha value is -0.440. The number of hydrogen-bond acceptors (Lipinski definition) is 11. The molecule has 36 heavy (non-hydrogen) atoms. The summed E-state index contributed by atoms with van der Waals surface area (Å²) in [5.41, 5.74) is 0. The molecule has 11 atom stereocenters. The molecule has 11 heteroatoms. The second-order valence-electron chi connectivity index (χ2n) is 10.1. The van der Waals surface area contributed by atoms with E-state index in [-0.39, 0.29) is 6.10 Å². The van der Waals surface area contributed by atoms with Crippen molar-refractivity contribution in [1.29, 1.82) is 0 Å². The van der Waals surface area contributed by atoms with Crippen LogP contribution in [0.25, 0.3) is 0 Å². The van der Waals surface area contributed by atoms with E-state index in [1.54, 1.807) is 0 Å². The van der Waals surface area contributed by atoms with Gasteiger partial charge in [-0.15, -0.1) is 0 Å². The monoisotopic (exact) mass is 524 g/mol. The summed E-state index contributed by atoms with van der Waals surface area (Å²) in [6.07, 6.45) is -3.03. The lowest BCUT2D eigenvalue weighted by Crippen LogP contribution is -2.64. The fraction of sp³-hybridized carbons (Fsp3) is 1.00. The summed E-state index contributed by atoms with van der Waals surface area (Å²) < 4.78 is 22.4. The summed E-state index contributed by atoms with van der Waals surface area (Å²) in [7, 11) is 0. The highest BCUT2D eigenvalue weighted by Crippen LogP contribution is 2.30. The lowest BCUT2D eigenvalue weighted by Gasteiger charge is -2.46. The van der Waals surface area contributed by atoms with Gasteiger partial charge in [-0.1, -0.05) is 64.7 Å². The Morgan fingerprint density at radius 2 is 1.17 bits per heavy atom. The number of rotatable bonds is 16. The highest BCUT2D eigenvalue weighted by molar-refractivity contribution is 4.94. The lowest BCUT2D eigenvalue weighted by molar-refractivity contribution is -0.362. The Bertz CT molecular complexity index is 578. The standard InChI is InChI=1S/C25H48O11/c1-3-4-5-6-7-8-9-10-11-12-15(2)33-24-22(32)20(30)23(17(14-27)35-24)36-25-21(31)19(29)18(28)16(13-26)34-25/h15-32H,3-14H2,1-2H3/t15?,16?,17?,18-,19?,20?,21?,22?,23-,24-,25-/m1/s1. The van der Waals surface area contributed by atoms with Crippen molar-refractivity contribution in [3.8, 4) is 0 Å². The third-order valence-corrected chi connectivity index (χ3v) is 7.04. The summed E-state index contributed by atoms with van der Waals surface area (Å²) in [5, 5.41) is 70.5. The van der Waals surface area contributed by atoms with E-state index in [9.17, 15) is 35.7 Å². The Labute approximate surface area is 214 Å². The van der Waals surface area contributed by atoms with Gasteiger partial charge in [-0.05, 0) is 13.3 Å². The maximum absolute atomic E-state index is 10.7. The SMILES string of the molecule is CCCCCCCCCCCC(C)O[C@@H]1OC(CO)[C@@H](O[C@H]2OC(CO)[C@@H](O)C(O)C2O)C(O)C1O. The van der Waals surface area contributed by atoms with Crippen LogP contribution in [0, 0.1) is 0 Å². The van der Waals surface area contributed by atoms with Gasteiger partial charge in [-0.25, -0.2) is 0 Å². The molecule has 2 aliphatic rings. The number of unbranched alkanes of at least 4 members (excludes halogenated alkanes) is 8. The van der Waals surface area contributed by atoms with Gasteiger partial charge in [0.15, 0.2) is 12.6 Å². The molecule has 0 aromatic carbocycles. The molecule has 214 valence electrons. The highest BCUT2D eigenvalue weighted by atomic mass is 16.7. The molecule has 2 rings (SSSR count). The minimum atomic E-state index is -1.70. The van der Waals surface area contributed by atoms with Crippen LogP contribution in [-0.2, 0) is 18.9 Å². The quantitative estimate of drug-likeness (QED) is 0.134. The summed E-state index contributed by atoms with van der Waals surface area (Å²) in [6.45, 7) is 2.84. The molecule has 0 amide bonds. The number of aliphatic hydroxyl groups excluding tert-OH is 7. The van der Waals surface area contributed by atoms with Gasteiger partial charge in [0.05, 0.1) is 19.3 Å². The minimum absolute atomic E-state index is 0.247. The first-order chi connectivity index (χ1) is 17.2. The molecule has 0 aromatic heterocycles. The van der Waals surface area contributed by atoms with Crippen LogP contribution < -0.4 is 0 Å². The van der Waals surface area contributed by atoms with Gasteiger partial charge < -0.3 is 54.7 Å². The maximum Gasteiger partial charge on any atom is 0.187 e. The van der Waals surface area contributed by atoms with Crippen LogP contribution in [0.15, 0.2) is 0 Å². The average molecular weight is 525 g/mol. The van der Waals surface area contributed by atoms with Gasteiger partial charge in [0.25, 0.3) is 0 Å². The smallest absolute Gasteiger partial charge is 0.187 e. The number of hydrogen-bond donors (Lipinski definition) is 7. The van der Waals surface area contributed by atoms with Crippen LogP contribution in [0.3, 0.4) is 0 Å². The second kappa shape index (κ2) is 16.5.